The first-order valence-corrected chi connectivity index (χ1v) is 8.83. The predicted molar refractivity (Wildman–Crippen MR) is 110 cm³/mol. The lowest BCUT2D eigenvalue weighted by atomic mass is 10.2. The van der Waals surface area contributed by atoms with E-state index in [1.54, 1.807) is 11.1 Å². The van der Waals surface area contributed by atoms with Gasteiger partial charge >= 0.3 is 6.03 Å². The molecule has 2 N–H and O–H groups in total. The molecule has 0 aliphatic carbocycles. The van der Waals surface area contributed by atoms with E-state index in [-0.39, 0.29) is 6.03 Å². The minimum absolute atomic E-state index is 0.245. The number of fused-ring (bicyclic) bond motifs is 1. The van der Waals surface area contributed by atoms with Crippen LogP contribution in [0.5, 0.6) is 5.75 Å². The van der Waals surface area contributed by atoms with Gasteiger partial charge in [-0.1, -0.05) is 30.2 Å². The lowest BCUT2D eigenvalue weighted by molar-refractivity contribution is 0.249. The number of rotatable bonds is 3. The molecule has 0 spiro atoms. The van der Waals surface area contributed by atoms with Gasteiger partial charge in [-0.3, -0.25) is 4.90 Å². The highest BCUT2D eigenvalue weighted by molar-refractivity contribution is 6.02. The van der Waals surface area contributed by atoms with E-state index in [9.17, 15) is 4.79 Å². The predicted octanol–water partition coefficient (Wildman–Crippen LogP) is 4.24. The first-order valence-electron chi connectivity index (χ1n) is 8.83. The van der Waals surface area contributed by atoms with Crippen molar-refractivity contribution in [3.63, 3.8) is 0 Å². The van der Waals surface area contributed by atoms with Crippen LogP contribution in [0.25, 0.3) is 0 Å². The number of carbonyl (C=O) groups is 1. The quantitative estimate of drug-likeness (QED) is 0.677. The third-order valence-corrected chi connectivity index (χ3v) is 4.25. The van der Waals surface area contributed by atoms with E-state index in [4.69, 9.17) is 11.2 Å². The van der Waals surface area contributed by atoms with Crippen LogP contribution in [0.3, 0.4) is 0 Å². The number of amides is 2. The van der Waals surface area contributed by atoms with Gasteiger partial charge in [0.25, 0.3) is 0 Å². The van der Waals surface area contributed by atoms with Crippen molar-refractivity contribution in [3.05, 3.63) is 72.4 Å². The first-order chi connectivity index (χ1) is 13.7. The van der Waals surface area contributed by atoms with Crippen LogP contribution in [0.2, 0.25) is 0 Å². The van der Waals surface area contributed by atoms with Crippen molar-refractivity contribution in [2.24, 2.45) is 0 Å². The Hall–Kier alpha value is -3.98. The van der Waals surface area contributed by atoms with Crippen LogP contribution in [0, 0.1) is 12.3 Å². The number of nitrogens with one attached hydrogen (secondary N) is 2. The van der Waals surface area contributed by atoms with Gasteiger partial charge in [0, 0.05) is 23.0 Å². The molecule has 1 aromatic heterocycles. The monoisotopic (exact) mass is 370 g/mol. The van der Waals surface area contributed by atoms with Crippen molar-refractivity contribution in [2.45, 2.75) is 0 Å². The first kappa shape index (κ1) is 17.4. The summed E-state index contributed by atoms with van der Waals surface area (Å²) in [7, 11) is 0. The molecule has 2 heterocycles. The van der Waals surface area contributed by atoms with Gasteiger partial charge in [-0.25, -0.2) is 9.78 Å². The minimum Gasteiger partial charge on any atom is -0.488 e. The van der Waals surface area contributed by atoms with Crippen LogP contribution in [0.4, 0.5) is 27.7 Å². The second kappa shape index (κ2) is 7.72. The van der Waals surface area contributed by atoms with Crippen molar-refractivity contribution >= 4 is 28.9 Å². The van der Waals surface area contributed by atoms with Crippen molar-refractivity contribution in [2.75, 3.05) is 28.7 Å². The normalized spacial score (nSPS) is 12.3. The summed E-state index contributed by atoms with van der Waals surface area (Å²) in [6, 6.07) is 18.4. The average Bonchev–Trinajstić information content (AvgIpc) is 2.74. The third kappa shape index (κ3) is 3.74. The number of benzene rings is 2. The van der Waals surface area contributed by atoms with Gasteiger partial charge in [0.2, 0.25) is 0 Å². The fraction of sp³-hybridized carbons (Fsp3) is 0.0909. The summed E-state index contributed by atoms with van der Waals surface area (Å²) in [6.07, 6.45) is 7.11. The molecule has 138 valence electrons. The van der Waals surface area contributed by atoms with Gasteiger partial charge in [-0.15, -0.1) is 6.42 Å². The number of para-hydroxylation sites is 1. The van der Waals surface area contributed by atoms with Gasteiger partial charge in [-0.2, -0.15) is 0 Å². The molecule has 1 aliphatic heterocycles. The van der Waals surface area contributed by atoms with Crippen molar-refractivity contribution in [1.82, 2.24) is 4.98 Å². The zero-order valence-corrected chi connectivity index (χ0v) is 15.1. The number of carbonyl (C=O) groups excluding carboxylic acids is 1. The van der Waals surface area contributed by atoms with Gasteiger partial charge in [0.1, 0.15) is 6.61 Å². The molecule has 28 heavy (non-hydrogen) atoms. The third-order valence-electron chi connectivity index (χ3n) is 4.25. The highest BCUT2D eigenvalue weighted by Gasteiger charge is 2.25. The Kier molecular flexibility index (Phi) is 4.81. The Morgan fingerprint density at radius 1 is 1.07 bits per heavy atom. The molecule has 0 saturated carbocycles. The molecule has 0 fully saturated rings. The summed E-state index contributed by atoms with van der Waals surface area (Å²) < 4.78 is 5.72. The molecule has 0 atom stereocenters. The molecular formula is C22H18N4O2. The largest absolute Gasteiger partial charge is 0.488 e. The fourth-order valence-corrected chi connectivity index (χ4v) is 2.93. The maximum absolute atomic E-state index is 12.7. The fourth-order valence-electron chi connectivity index (χ4n) is 2.93. The summed E-state index contributed by atoms with van der Waals surface area (Å²) in [5.74, 6) is 3.65. The van der Waals surface area contributed by atoms with Crippen LogP contribution >= 0.6 is 0 Å². The Morgan fingerprint density at radius 3 is 2.71 bits per heavy atom. The molecule has 2 aromatic carbocycles. The van der Waals surface area contributed by atoms with E-state index in [0.29, 0.717) is 24.7 Å². The summed E-state index contributed by atoms with van der Waals surface area (Å²) in [6.45, 7) is 0.822. The lowest BCUT2D eigenvalue weighted by Crippen LogP contribution is -2.41. The number of nitrogens with zero attached hydrogens (tertiary/aromatic N) is 2. The van der Waals surface area contributed by atoms with Gasteiger partial charge < -0.3 is 15.4 Å². The van der Waals surface area contributed by atoms with Crippen LogP contribution in [0.15, 0.2) is 66.9 Å². The molecule has 0 radical (unpaired) electrons. The smallest absolute Gasteiger partial charge is 0.327 e. The molecular weight excluding hydrogens is 352 g/mol. The van der Waals surface area contributed by atoms with E-state index < -0.39 is 0 Å². The van der Waals surface area contributed by atoms with Crippen molar-refractivity contribution in [3.8, 4) is 18.1 Å². The van der Waals surface area contributed by atoms with Crippen LogP contribution in [0.1, 0.15) is 5.56 Å². The highest BCUT2D eigenvalue weighted by Crippen LogP contribution is 2.33. The number of hydrogen-bond donors (Lipinski definition) is 2. The number of anilines is 4. The number of hydrogen-bond acceptors (Lipinski definition) is 4. The average molecular weight is 370 g/mol. The summed E-state index contributed by atoms with van der Waals surface area (Å²) >= 11 is 0. The maximum Gasteiger partial charge on any atom is 0.327 e. The van der Waals surface area contributed by atoms with Gasteiger partial charge in [0.15, 0.2) is 11.6 Å². The number of pyridine rings is 1. The molecule has 2 amide bonds. The summed E-state index contributed by atoms with van der Waals surface area (Å²) in [4.78, 5) is 18.7. The molecule has 0 unspecified atom stereocenters. The molecule has 0 bridgehead atoms. The Balaban J connectivity index is 1.54. The summed E-state index contributed by atoms with van der Waals surface area (Å²) in [5.41, 5.74) is 3.12. The zero-order chi connectivity index (χ0) is 19.3. The van der Waals surface area contributed by atoms with Crippen LogP contribution < -0.4 is 20.3 Å². The SMILES string of the molecule is C#Cc1cccc(Nc2cnc3c(c2)OCCN3C(=O)Nc2ccccc2)c1. The molecule has 3 aromatic rings. The number of ether oxygens (including phenoxy) is 1. The zero-order valence-electron chi connectivity index (χ0n) is 15.1. The summed E-state index contributed by atoms with van der Waals surface area (Å²) in [5, 5.41) is 6.13. The molecule has 1 aliphatic rings. The Morgan fingerprint density at radius 2 is 1.89 bits per heavy atom. The Labute approximate surface area is 163 Å². The van der Waals surface area contributed by atoms with Crippen molar-refractivity contribution < 1.29 is 9.53 Å². The highest BCUT2D eigenvalue weighted by atomic mass is 16.5. The standard InChI is InChI=1S/C22H18N4O2/c1-2-16-7-6-10-18(13-16)24-19-14-20-21(23-15-19)26(11-12-28-20)22(27)25-17-8-4-3-5-9-17/h1,3-10,13-15,24H,11-12H2,(H,25,27). The minimum atomic E-state index is -0.245. The Bertz CT molecular complexity index is 1040. The van der Waals surface area contributed by atoms with E-state index in [1.807, 2.05) is 60.7 Å². The van der Waals surface area contributed by atoms with E-state index >= 15 is 0 Å². The van der Waals surface area contributed by atoms with E-state index in [0.717, 1.165) is 22.6 Å². The molecule has 0 saturated heterocycles. The van der Waals surface area contributed by atoms with Gasteiger partial charge in [0.05, 0.1) is 18.4 Å². The van der Waals surface area contributed by atoms with Crippen molar-refractivity contribution in [1.29, 1.82) is 0 Å². The second-order valence-electron chi connectivity index (χ2n) is 6.19. The topological polar surface area (TPSA) is 66.5 Å². The number of aromatic nitrogens is 1. The number of urea groups is 1. The lowest BCUT2D eigenvalue weighted by Gasteiger charge is -2.28. The molecule has 6 nitrogen and oxygen atoms in total. The van der Waals surface area contributed by atoms with Crippen LogP contribution in [-0.4, -0.2) is 24.2 Å². The molecule has 6 heteroatoms. The number of terminal acetylenes is 1. The maximum atomic E-state index is 12.7. The van der Waals surface area contributed by atoms with Crippen LogP contribution in [-0.2, 0) is 0 Å². The molecule has 4 rings (SSSR count). The van der Waals surface area contributed by atoms with Gasteiger partial charge in [-0.05, 0) is 30.3 Å². The second-order valence-corrected chi connectivity index (χ2v) is 6.19. The van der Waals surface area contributed by atoms with E-state index in [1.165, 1.54) is 0 Å². The van der Waals surface area contributed by atoms with E-state index in [2.05, 4.69) is 21.5 Å².